The number of nitrogens with one attached hydrogen (secondary N) is 1. The molecule has 112 valence electrons. The SMILES string of the molecule is C#CC1=C(C)/C(=C/c2ccc(-c3ccccc3)o2)C(=O)NC1=O. The lowest BCUT2D eigenvalue weighted by atomic mass is 9.96. The number of furan rings is 1. The minimum Gasteiger partial charge on any atom is -0.457 e. The molecular weight excluding hydrogens is 290 g/mol. The zero-order chi connectivity index (χ0) is 16.4. The maximum Gasteiger partial charge on any atom is 0.266 e. The molecule has 1 N–H and O–H groups in total. The molecule has 0 bridgehead atoms. The first kappa shape index (κ1) is 14.6. The zero-order valence-corrected chi connectivity index (χ0v) is 12.4. The van der Waals surface area contributed by atoms with Gasteiger partial charge in [-0.3, -0.25) is 14.9 Å². The van der Waals surface area contributed by atoms with E-state index in [0.29, 0.717) is 22.7 Å². The molecule has 1 aliphatic heterocycles. The lowest BCUT2D eigenvalue weighted by molar-refractivity contribution is -0.126. The minimum atomic E-state index is -0.545. The summed E-state index contributed by atoms with van der Waals surface area (Å²) >= 11 is 0. The average Bonchev–Trinajstić information content (AvgIpc) is 3.01. The van der Waals surface area contributed by atoms with Crippen LogP contribution in [-0.4, -0.2) is 11.8 Å². The zero-order valence-electron chi connectivity index (χ0n) is 12.4. The first-order chi connectivity index (χ1) is 11.1. The Morgan fingerprint density at radius 1 is 1.09 bits per heavy atom. The minimum absolute atomic E-state index is 0.158. The highest BCUT2D eigenvalue weighted by molar-refractivity contribution is 6.19. The van der Waals surface area contributed by atoms with Crippen LogP contribution in [-0.2, 0) is 9.59 Å². The van der Waals surface area contributed by atoms with E-state index in [1.807, 2.05) is 36.4 Å². The van der Waals surface area contributed by atoms with E-state index in [1.165, 1.54) is 0 Å². The monoisotopic (exact) mass is 303 g/mol. The Morgan fingerprint density at radius 3 is 2.52 bits per heavy atom. The van der Waals surface area contributed by atoms with Crippen LogP contribution >= 0.6 is 0 Å². The maximum atomic E-state index is 12.0. The normalized spacial score (nSPS) is 16.4. The standard InChI is InChI=1S/C19H13NO3/c1-3-15-12(2)16(19(22)20-18(15)21)11-14-9-10-17(23-14)13-7-5-4-6-8-13/h1,4-11H,2H3,(H,20,21,22)/b16-11-. The van der Waals surface area contributed by atoms with Crippen LogP contribution < -0.4 is 5.32 Å². The van der Waals surface area contributed by atoms with Gasteiger partial charge in [-0.1, -0.05) is 36.3 Å². The number of amides is 2. The van der Waals surface area contributed by atoms with Gasteiger partial charge in [0.2, 0.25) is 0 Å². The Morgan fingerprint density at radius 2 is 1.83 bits per heavy atom. The summed E-state index contributed by atoms with van der Waals surface area (Å²) in [7, 11) is 0. The quantitative estimate of drug-likeness (QED) is 0.527. The second kappa shape index (κ2) is 5.82. The topological polar surface area (TPSA) is 59.3 Å². The lowest BCUT2D eigenvalue weighted by Crippen LogP contribution is -2.37. The van der Waals surface area contributed by atoms with E-state index >= 15 is 0 Å². The molecule has 2 amide bonds. The van der Waals surface area contributed by atoms with Crippen LogP contribution in [0.15, 0.2) is 63.6 Å². The average molecular weight is 303 g/mol. The number of benzene rings is 1. The third-order valence-corrected chi connectivity index (χ3v) is 3.59. The summed E-state index contributed by atoms with van der Waals surface area (Å²) in [4.78, 5) is 23.7. The van der Waals surface area contributed by atoms with Crippen LogP contribution in [0.3, 0.4) is 0 Å². The van der Waals surface area contributed by atoms with E-state index < -0.39 is 11.8 Å². The van der Waals surface area contributed by atoms with Crippen LogP contribution in [0.25, 0.3) is 17.4 Å². The Labute approximate surface area is 133 Å². The molecule has 3 rings (SSSR count). The van der Waals surface area contributed by atoms with Gasteiger partial charge in [-0.2, -0.15) is 0 Å². The second-order valence-corrected chi connectivity index (χ2v) is 5.05. The summed E-state index contributed by atoms with van der Waals surface area (Å²) in [6.45, 7) is 1.65. The Kier molecular flexibility index (Phi) is 3.70. The van der Waals surface area contributed by atoms with Gasteiger partial charge in [0.1, 0.15) is 11.5 Å². The third kappa shape index (κ3) is 2.72. The van der Waals surface area contributed by atoms with Gasteiger partial charge in [-0.25, -0.2) is 0 Å². The molecule has 1 aromatic heterocycles. The fourth-order valence-corrected chi connectivity index (χ4v) is 2.39. The number of hydrogen-bond donors (Lipinski definition) is 1. The van der Waals surface area contributed by atoms with Crippen molar-refractivity contribution in [2.24, 2.45) is 0 Å². The predicted octanol–water partition coefficient (Wildman–Crippen LogP) is 2.94. The molecule has 0 saturated heterocycles. The van der Waals surface area contributed by atoms with Gasteiger partial charge in [0.15, 0.2) is 0 Å². The molecule has 1 aliphatic rings. The van der Waals surface area contributed by atoms with Crippen molar-refractivity contribution in [1.29, 1.82) is 0 Å². The Hall–Kier alpha value is -3.32. The van der Waals surface area contributed by atoms with Crippen LogP contribution in [0.5, 0.6) is 0 Å². The van der Waals surface area contributed by atoms with E-state index in [9.17, 15) is 9.59 Å². The molecule has 1 aromatic carbocycles. The van der Waals surface area contributed by atoms with Gasteiger partial charge in [-0.15, -0.1) is 6.42 Å². The lowest BCUT2D eigenvalue weighted by Gasteiger charge is -2.16. The van der Waals surface area contributed by atoms with Gasteiger partial charge in [-0.05, 0) is 30.7 Å². The van der Waals surface area contributed by atoms with Crippen molar-refractivity contribution >= 4 is 17.9 Å². The fraction of sp³-hybridized carbons (Fsp3) is 0.0526. The summed E-state index contributed by atoms with van der Waals surface area (Å²) in [6.07, 6.45) is 6.92. The van der Waals surface area contributed by atoms with Crippen molar-refractivity contribution in [3.63, 3.8) is 0 Å². The molecule has 2 heterocycles. The molecule has 23 heavy (non-hydrogen) atoms. The van der Waals surface area contributed by atoms with E-state index in [2.05, 4.69) is 11.2 Å². The second-order valence-electron chi connectivity index (χ2n) is 5.05. The van der Waals surface area contributed by atoms with Gasteiger partial charge in [0.25, 0.3) is 11.8 Å². The van der Waals surface area contributed by atoms with Crippen molar-refractivity contribution in [3.05, 3.63) is 64.9 Å². The smallest absolute Gasteiger partial charge is 0.266 e. The van der Waals surface area contributed by atoms with Crippen molar-refractivity contribution < 1.29 is 14.0 Å². The fourth-order valence-electron chi connectivity index (χ4n) is 2.39. The van der Waals surface area contributed by atoms with E-state index in [0.717, 1.165) is 5.56 Å². The van der Waals surface area contributed by atoms with Crippen LogP contribution in [0.1, 0.15) is 12.7 Å². The number of rotatable bonds is 2. The van der Waals surface area contributed by atoms with Crippen LogP contribution in [0.2, 0.25) is 0 Å². The number of hydrogen-bond acceptors (Lipinski definition) is 3. The van der Waals surface area contributed by atoms with Crippen LogP contribution in [0.4, 0.5) is 0 Å². The molecular formula is C19H13NO3. The molecule has 0 fully saturated rings. The molecule has 0 radical (unpaired) electrons. The number of imide groups is 1. The van der Waals surface area contributed by atoms with Crippen LogP contribution in [0, 0.1) is 12.3 Å². The third-order valence-electron chi connectivity index (χ3n) is 3.59. The van der Waals surface area contributed by atoms with Gasteiger partial charge >= 0.3 is 0 Å². The number of carbonyl (C=O) groups is 2. The Bertz CT molecular complexity index is 892. The highest BCUT2D eigenvalue weighted by Gasteiger charge is 2.26. The van der Waals surface area contributed by atoms with Crippen molar-refractivity contribution in [2.45, 2.75) is 6.92 Å². The molecule has 0 saturated carbocycles. The summed E-state index contributed by atoms with van der Waals surface area (Å²) < 4.78 is 5.75. The maximum absolute atomic E-state index is 12.0. The first-order valence-corrected chi connectivity index (χ1v) is 7.00. The van der Waals surface area contributed by atoms with Gasteiger partial charge in [0, 0.05) is 11.1 Å². The number of terminal acetylenes is 1. The van der Waals surface area contributed by atoms with E-state index in [-0.39, 0.29) is 5.57 Å². The summed E-state index contributed by atoms with van der Waals surface area (Å²) in [6, 6.07) is 13.2. The first-order valence-electron chi connectivity index (χ1n) is 7.00. The van der Waals surface area contributed by atoms with Crippen molar-refractivity contribution in [1.82, 2.24) is 5.32 Å². The highest BCUT2D eigenvalue weighted by Crippen LogP contribution is 2.26. The Balaban J connectivity index is 2.01. The summed E-state index contributed by atoms with van der Waals surface area (Å²) in [5.74, 6) is 2.50. The molecule has 0 spiro atoms. The summed E-state index contributed by atoms with van der Waals surface area (Å²) in [5.41, 5.74) is 1.90. The predicted molar refractivity (Wildman–Crippen MR) is 86.8 cm³/mol. The largest absolute Gasteiger partial charge is 0.457 e. The molecule has 0 unspecified atom stereocenters. The van der Waals surface area contributed by atoms with Crippen molar-refractivity contribution in [2.75, 3.05) is 0 Å². The highest BCUT2D eigenvalue weighted by atomic mass is 16.3. The van der Waals surface area contributed by atoms with Gasteiger partial charge in [0.05, 0.1) is 5.57 Å². The number of carbonyl (C=O) groups excluding carboxylic acids is 2. The van der Waals surface area contributed by atoms with Gasteiger partial charge < -0.3 is 4.42 Å². The summed E-state index contributed by atoms with van der Waals surface area (Å²) in [5, 5.41) is 2.23. The van der Waals surface area contributed by atoms with Crippen molar-refractivity contribution in [3.8, 4) is 23.7 Å². The molecule has 4 heteroatoms. The molecule has 4 nitrogen and oxygen atoms in total. The van der Waals surface area contributed by atoms with E-state index in [1.54, 1.807) is 19.1 Å². The van der Waals surface area contributed by atoms with E-state index in [4.69, 9.17) is 10.8 Å². The molecule has 0 aliphatic carbocycles. The molecule has 2 aromatic rings. The molecule has 0 atom stereocenters.